The number of H-pyrrole nitrogens is 1. The van der Waals surface area contributed by atoms with Crippen molar-refractivity contribution in [2.75, 3.05) is 25.2 Å². The molecular formula is C16H24N4O2S. The Labute approximate surface area is 141 Å². The van der Waals surface area contributed by atoms with Gasteiger partial charge in [-0.15, -0.1) is 11.8 Å². The summed E-state index contributed by atoms with van der Waals surface area (Å²) in [5.74, 6) is 1.15. The van der Waals surface area contributed by atoms with Gasteiger partial charge in [0.1, 0.15) is 6.04 Å². The van der Waals surface area contributed by atoms with Crippen molar-refractivity contribution >= 4 is 23.6 Å². The minimum Gasteiger partial charge on any atom is -0.344 e. The molecule has 2 aliphatic rings. The highest BCUT2D eigenvalue weighted by Crippen LogP contribution is 2.27. The molecule has 2 heterocycles. The number of likely N-dealkylation sites (N-methyl/N-ethyl adjacent to an activating group) is 1. The molecule has 0 saturated carbocycles. The van der Waals surface area contributed by atoms with Gasteiger partial charge in [0, 0.05) is 30.6 Å². The largest absolute Gasteiger partial charge is 0.344 e. The maximum absolute atomic E-state index is 13.0. The average Bonchev–Trinajstić information content (AvgIpc) is 3.14. The number of nitrogens with one attached hydrogen (secondary N) is 1. The van der Waals surface area contributed by atoms with Crippen LogP contribution >= 0.6 is 11.8 Å². The second-order valence-electron chi connectivity index (χ2n) is 6.23. The topological polar surface area (TPSA) is 69.3 Å². The van der Waals surface area contributed by atoms with Crippen LogP contribution < -0.4 is 0 Å². The molecule has 0 spiro atoms. The number of aryl methyl sites for hydroxylation is 1. The van der Waals surface area contributed by atoms with E-state index in [4.69, 9.17) is 0 Å². The smallest absolute Gasteiger partial charge is 0.276 e. The Kier molecular flexibility index (Phi) is 4.94. The summed E-state index contributed by atoms with van der Waals surface area (Å²) < 4.78 is 0. The standard InChI is InChI=1S/C16H24N4O2S/c1-3-19(2)15(21)13-9-23-10-20(13)16(22)14-11-7-5-4-6-8-12(11)17-18-14/h13H,3-10H2,1-2H3,(H,17,18)/t13-/m1/s1. The number of amides is 2. The first-order valence-electron chi connectivity index (χ1n) is 8.33. The lowest BCUT2D eigenvalue weighted by Crippen LogP contribution is -2.48. The molecule has 1 aliphatic heterocycles. The van der Waals surface area contributed by atoms with Crippen LogP contribution in [0.5, 0.6) is 0 Å². The lowest BCUT2D eigenvalue weighted by Gasteiger charge is -2.26. The van der Waals surface area contributed by atoms with E-state index in [1.54, 1.807) is 28.6 Å². The third kappa shape index (κ3) is 3.11. The molecule has 7 heteroatoms. The van der Waals surface area contributed by atoms with Crippen molar-refractivity contribution < 1.29 is 9.59 Å². The predicted octanol–water partition coefficient (Wildman–Crippen LogP) is 1.67. The molecule has 1 saturated heterocycles. The number of nitrogens with zero attached hydrogens (tertiary/aromatic N) is 3. The van der Waals surface area contributed by atoms with Gasteiger partial charge in [-0.1, -0.05) is 6.42 Å². The van der Waals surface area contributed by atoms with Crippen molar-refractivity contribution in [1.82, 2.24) is 20.0 Å². The molecule has 1 aromatic rings. The number of fused-ring (bicyclic) bond motifs is 1. The monoisotopic (exact) mass is 336 g/mol. The third-order valence-corrected chi connectivity index (χ3v) is 5.80. The van der Waals surface area contributed by atoms with Crippen molar-refractivity contribution in [1.29, 1.82) is 0 Å². The van der Waals surface area contributed by atoms with E-state index in [0.717, 1.165) is 36.9 Å². The van der Waals surface area contributed by atoms with Gasteiger partial charge >= 0.3 is 0 Å². The average molecular weight is 336 g/mol. The summed E-state index contributed by atoms with van der Waals surface area (Å²) in [6.07, 6.45) is 5.30. The molecule has 23 heavy (non-hydrogen) atoms. The molecule has 0 unspecified atom stereocenters. The van der Waals surface area contributed by atoms with Crippen LogP contribution in [0.4, 0.5) is 0 Å². The van der Waals surface area contributed by atoms with Gasteiger partial charge in [0.25, 0.3) is 5.91 Å². The van der Waals surface area contributed by atoms with Gasteiger partial charge < -0.3 is 9.80 Å². The van der Waals surface area contributed by atoms with Crippen molar-refractivity contribution in [3.05, 3.63) is 17.0 Å². The number of rotatable bonds is 3. The Balaban J connectivity index is 1.82. The van der Waals surface area contributed by atoms with Gasteiger partial charge in [0.2, 0.25) is 5.91 Å². The molecule has 1 atom stereocenters. The number of carbonyl (C=O) groups is 2. The second kappa shape index (κ2) is 6.95. The SMILES string of the molecule is CCN(C)C(=O)[C@H]1CSCN1C(=O)c1n[nH]c2c1CCCCC2. The Morgan fingerprint density at radius 3 is 2.91 bits per heavy atom. The Bertz CT molecular complexity index is 601. The molecule has 0 radical (unpaired) electrons. The fraction of sp³-hybridized carbons (Fsp3) is 0.688. The van der Waals surface area contributed by atoms with E-state index in [9.17, 15) is 9.59 Å². The van der Waals surface area contributed by atoms with E-state index in [0.29, 0.717) is 23.9 Å². The zero-order valence-electron chi connectivity index (χ0n) is 13.8. The minimum absolute atomic E-state index is 0.0208. The molecule has 3 rings (SSSR count). The maximum Gasteiger partial charge on any atom is 0.276 e. The van der Waals surface area contributed by atoms with E-state index in [-0.39, 0.29) is 17.9 Å². The number of aromatic nitrogens is 2. The molecular weight excluding hydrogens is 312 g/mol. The molecule has 0 aromatic carbocycles. The summed E-state index contributed by atoms with van der Waals surface area (Å²) in [6, 6.07) is -0.365. The second-order valence-corrected chi connectivity index (χ2v) is 7.23. The number of carbonyl (C=O) groups excluding carboxylic acids is 2. The number of thioether (sulfide) groups is 1. The van der Waals surface area contributed by atoms with E-state index in [1.165, 1.54) is 6.42 Å². The summed E-state index contributed by atoms with van der Waals surface area (Å²) in [5, 5.41) is 7.34. The lowest BCUT2D eigenvalue weighted by molar-refractivity contribution is -0.133. The number of aromatic amines is 1. The minimum atomic E-state index is -0.365. The Morgan fingerprint density at radius 2 is 2.13 bits per heavy atom. The van der Waals surface area contributed by atoms with Crippen LogP contribution in [-0.2, 0) is 17.6 Å². The highest BCUT2D eigenvalue weighted by atomic mass is 32.2. The molecule has 126 valence electrons. The third-order valence-electron chi connectivity index (χ3n) is 4.79. The van der Waals surface area contributed by atoms with Crippen molar-refractivity contribution in [3.63, 3.8) is 0 Å². The zero-order valence-corrected chi connectivity index (χ0v) is 14.6. The maximum atomic E-state index is 13.0. The van der Waals surface area contributed by atoms with Gasteiger partial charge in [-0.2, -0.15) is 5.10 Å². The Morgan fingerprint density at radius 1 is 1.35 bits per heavy atom. The highest BCUT2D eigenvalue weighted by Gasteiger charge is 2.38. The Hall–Kier alpha value is -1.50. The van der Waals surface area contributed by atoms with Gasteiger partial charge in [0.15, 0.2) is 5.69 Å². The van der Waals surface area contributed by atoms with Gasteiger partial charge in [-0.25, -0.2) is 0 Å². The first kappa shape index (κ1) is 16.4. The first-order valence-corrected chi connectivity index (χ1v) is 9.48. The first-order chi connectivity index (χ1) is 11.1. The molecule has 6 nitrogen and oxygen atoms in total. The number of hydrogen-bond acceptors (Lipinski definition) is 4. The molecule has 1 aliphatic carbocycles. The van der Waals surface area contributed by atoms with Crippen LogP contribution in [0.3, 0.4) is 0 Å². The molecule has 2 amide bonds. The van der Waals surface area contributed by atoms with Crippen LogP contribution in [-0.4, -0.2) is 63.1 Å². The van der Waals surface area contributed by atoms with Crippen LogP contribution in [0.2, 0.25) is 0 Å². The van der Waals surface area contributed by atoms with Crippen molar-refractivity contribution in [3.8, 4) is 0 Å². The quantitative estimate of drug-likeness (QED) is 0.853. The molecule has 1 N–H and O–H groups in total. The van der Waals surface area contributed by atoms with E-state index in [1.807, 2.05) is 6.92 Å². The van der Waals surface area contributed by atoms with Gasteiger partial charge in [0.05, 0.1) is 5.88 Å². The van der Waals surface area contributed by atoms with Crippen molar-refractivity contribution in [2.24, 2.45) is 0 Å². The molecule has 1 fully saturated rings. The lowest BCUT2D eigenvalue weighted by atomic mass is 10.1. The van der Waals surface area contributed by atoms with Crippen LogP contribution in [0, 0.1) is 0 Å². The number of hydrogen-bond donors (Lipinski definition) is 1. The fourth-order valence-corrected chi connectivity index (χ4v) is 4.37. The summed E-state index contributed by atoms with van der Waals surface area (Å²) in [7, 11) is 1.79. The van der Waals surface area contributed by atoms with Gasteiger partial charge in [-0.3, -0.25) is 14.7 Å². The summed E-state index contributed by atoms with van der Waals surface area (Å²) in [5.41, 5.74) is 2.70. The summed E-state index contributed by atoms with van der Waals surface area (Å²) >= 11 is 1.63. The fourth-order valence-electron chi connectivity index (χ4n) is 3.23. The zero-order chi connectivity index (χ0) is 16.4. The van der Waals surface area contributed by atoms with E-state index in [2.05, 4.69) is 10.2 Å². The molecule has 1 aromatic heterocycles. The van der Waals surface area contributed by atoms with Crippen LogP contribution in [0.15, 0.2) is 0 Å². The van der Waals surface area contributed by atoms with E-state index < -0.39 is 0 Å². The highest BCUT2D eigenvalue weighted by molar-refractivity contribution is 7.99. The van der Waals surface area contributed by atoms with Gasteiger partial charge in [-0.05, 0) is 32.6 Å². The normalized spacial score (nSPS) is 21.0. The van der Waals surface area contributed by atoms with Crippen molar-refractivity contribution in [2.45, 2.75) is 45.1 Å². The molecule has 0 bridgehead atoms. The van der Waals surface area contributed by atoms with E-state index >= 15 is 0 Å². The summed E-state index contributed by atoms with van der Waals surface area (Å²) in [6.45, 7) is 2.60. The summed E-state index contributed by atoms with van der Waals surface area (Å²) in [4.78, 5) is 28.8. The van der Waals surface area contributed by atoms with Crippen LogP contribution in [0.1, 0.15) is 47.9 Å². The predicted molar refractivity (Wildman–Crippen MR) is 90.4 cm³/mol. The van der Waals surface area contributed by atoms with Crippen LogP contribution in [0.25, 0.3) is 0 Å².